The fourth-order valence-corrected chi connectivity index (χ4v) is 3.89. The summed E-state index contributed by atoms with van der Waals surface area (Å²) in [5.74, 6) is 0.00834. The van der Waals surface area contributed by atoms with E-state index in [-0.39, 0.29) is 18.1 Å². The average Bonchev–Trinajstić information content (AvgIpc) is 3.13. The van der Waals surface area contributed by atoms with Crippen molar-refractivity contribution in [2.75, 3.05) is 12.4 Å². The first-order valence-electron chi connectivity index (χ1n) is 9.26. The maximum atomic E-state index is 12.7. The van der Waals surface area contributed by atoms with Crippen molar-refractivity contribution in [1.82, 2.24) is 10.1 Å². The maximum Gasteiger partial charge on any atom is 0.340 e. The molecule has 0 aliphatic rings. The summed E-state index contributed by atoms with van der Waals surface area (Å²) in [5, 5.41) is 3.87. The molecule has 1 atom stereocenters. The molecule has 0 fully saturated rings. The smallest absolute Gasteiger partial charge is 0.340 e. The number of Topliss-reactive ketones (excluding diaryl/α,β-unsaturated/α-hetero) is 1. The van der Waals surface area contributed by atoms with Gasteiger partial charge in [-0.15, -0.1) is 11.8 Å². The van der Waals surface area contributed by atoms with Gasteiger partial charge in [-0.2, -0.15) is 0 Å². The molecule has 0 aliphatic carbocycles. The highest BCUT2D eigenvalue weighted by Gasteiger charge is 2.27. The first kappa shape index (κ1) is 22.7. The van der Waals surface area contributed by atoms with E-state index in [0.29, 0.717) is 22.6 Å². The number of esters is 2. The van der Waals surface area contributed by atoms with Crippen LogP contribution < -0.4 is 0 Å². The molecule has 0 radical (unpaired) electrons. The maximum absolute atomic E-state index is 12.7. The zero-order chi connectivity index (χ0) is 21.7. The number of carbonyl (C=O) groups excluding carboxylic acids is 3. The fourth-order valence-electron chi connectivity index (χ4n) is 2.94. The molecule has 158 valence electrons. The number of aromatic amines is 1. The summed E-state index contributed by atoms with van der Waals surface area (Å²) < 4.78 is 15.4. The van der Waals surface area contributed by atoms with Crippen LogP contribution in [-0.4, -0.2) is 46.3 Å². The second-order valence-electron chi connectivity index (χ2n) is 6.64. The minimum Gasteiger partial charge on any atom is -0.462 e. The quantitative estimate of drug-likeness (QED) is 0.483. The third-order valence-corrected chi connectivity index (χ3v) is 5.42. The van der Waals surface area contributed by atoms with E-state index in [1.807, 2.05) is 13.8 Å². The highest BCUT2D eigenvalue weighted by atomic mass is 32.2. The van der Waals surface area contributed by atoms with Crippen molar-refractivity contribution in [3.05, 3.63) is 39.5 Å². The molecule has 2 heterocycles. The molecule has 2 rings (SSSR count). The highest BCUT2D eigenvalue weighted by Crippen LogP contribution is 2.22. The van der Waals surface area contributed by atoms with Crippen molar-refractivity contribution < 1.29 is 28.4 Å². The van der Waals surface area contributed by atoms with Gasteiger partial charge in [0.05, 0.1) is 29.3 Å². The molecule has 8 nitrogen and oxygen atoms in total. The molecule has 0 amide bonds. The Morgan fingerprint density at radius 3 is 2.48 bits per heavy atom. The Balaban J connectivity index is 1.95. The summed E-state index contributed by atoms with van der Waals surface area (Å²) in [6.45, 7) is 10.5. The van der Waals surface area contributed by atoms with Gasteiger partial charge in [0.25, 0.3) is 0 Å². The van der Waals surface area contributed by atoms with Gasteiger partial charge >= 0.3 is 11.9 Å². The highest BCUT2D eigenvalue weighted by molar-refractivity contribution is 7.99. The lowest BCUT2D eigenvalue weighted by Gasteiger charge is -2.12. The molecule has 1 N–H and O–H groups in total. The largest absolute Gasteiger partial charge is 0.462 e. The monoisotopic (exact) mass is 422 g/mol. The van der Waals surface area contributed by atoms with Crippen molar-refractivity contribution >= 4 is 29.5 Å². The van der Waals surface area contributed by atoms with Crippen LogP contribution in [-0.2, 0) is 20.0 Å². The predicted molar refractivity (Wildman–Crippen MR) is 108 cm³/mol. The molecular weight excluding hydrogens is 396 g/mol. The molecule has 0 spiro atoms. The minimum atomic E-state index is -0.978. The topological polar surface area (TPSA) is 111 Å². The van der Waals surface area contributed by atoms with Crippen molar-refractivity contribution in [3.63, 3.8) is 0 Å². The summed E-state index contributed by atoms with van der Waals surface area (Å²) in [4.78, 5) is 39.8. The number of thioether (sulfide) groups is 1. The van der Waals surface area contributed by atoms with Crippen LogP contribution >= 0.6 is 11.8 Å². The van der Waals surface area contributed by atoms with Crippen LogP contribution in [0.15, 0.2) is 4.52 Å². The van der Waals surface area contributed by atoms with Crippen LogP contribution in [0.2, 0.25) is 0 Å². The Morgan fingerprint density at radius 1 is 1.21 bits per heavy atom. The van der Waals surface area contributed by atoms with Crippen LogP contribution in [0.5, 0.6) is 0 Å². The van der Waals surface area contributed by atoms with Gasteiger partial charge in [-0.05, 0) is 47.1 Å². The molecule has 0 saturated carbocycles. The Bertz CT molecular complexity index is 895. The van der Waals surface area contributed by atoms with E-state index in [0.717, 1.165) is 17.0 Å². The van der Waals surface area contributed by atoms with Crippen LogP contribution in [0.3, 0.4) is 0 Å². The number of hydrogen-bond acceptors (Lipinski definition) is 8. The fraction of sp³-hybridized carbons (Fsp3) is 0.500. The molecule has 0 bridgehead atoms. The zero-order valence-corrected chi connectivity index (χ0v) is 18.3. The zero-order valence-electron chi connectivity index (χ0n) is 17.5. The Morgan fingerprint density at radius 2 is 1.90 bits per heavy atom. The van der Waals surface area contributed by atoms with E-state index < -0.39 is 23.8 Å². The molecule has 29 heavy (non-hydrogen) atoms. The van der Waals surface area contributed by atoms with E-state index in [1.165, 1.54) is 18.7 Å². The first-order valence-corrected chi connectivity index (χ1v) is 10.4. The Hall–Kier alpha value is -2.55. The summed E-state index contributed by atoms with van der Waals surface area (Å²) in [6.07, 6.45) is -0.978. The van der Waals surface area contributed by atoms with E-state index in [4.69, 9.17) is 14.0 Å². The van der Waals surface area contributed by atoms with E-state index in [9.17, 15) is 14.4 Å². The van der Waals surface area contributed by atoms with E-state index in [1.54, 1.807) is 20.8 Å². The summed E-state index contributed by atoms with van der Waals surface area (Å²) in [5.41, 5.74) is 3.36. The summed E-state index contributed by atoms with van der Waals surface area (Å²) >= 11 is 1.36. The lowest BCUT2D eigenvalue weighted by molar-refractivity contribution is -0.143. The third kappa shape index (κ3) is 5.29. The number of ether oxygens (including phenoxy) is 2. The van der Waals surface area contributed by atoms with Crippen LogP contribution in [0, 0.1) is 27.7 Å². The van der Waals surface area contributed by atoms with Gasteiger partial charge in [0, 0.05) is 17.0 Å². The Labute approximate surface area is 173 Å². The van der Waals surface area contributed by atoms with Gasteiger partial charge in [-0.25, -0.2) is 4.79 Å². The number of aryl methyl sites for hydroxylation is 3. The van der Waals surface area contributed by atoms with Gasteiger partial charge in [-0.1, -0.05) is 5.16 Å². The number of H-pyrrole nitrogens is 1. The number of aromatic nitrogens is 2. The Kier molecular flexibility index (Phi) is 7.66. The molecule has 2 aromatic rings. The van der Waals surface area contributed by atoms with Crippen LogP contribution in [0.4, 0.5) is 0 Å². The lowest BCUT2D eigenvalue weighted by Crippen LogP contribution is -2.26. The van der Waals surface area contributed by atoms with Gasteiger partial charge in [0.1, 0.15) is 5.76 Å². The minimum absolute atomic E-state index is 0.0957. The average molecular weight is 423 g/mol. The molecule has 9 heteroatoms. The number of nitrogens with one attached hydrogen (secondary N) is 1. The third-order valence-electron chi connectivity index (χ3n) is 4.49. The van der Waals surface area contributed by atoms with Gasteiger partial charge in [0.2, 0.25) is 5.78 Å². The van der Waals surface area contributed by atoms with Gasteiger partial charge in [-0.3, -0.25) is 9.59 Å². The van der Waals surface area contributed by atoms with Crippen LogP contribution in [0.25, 0.3) is 0 Å². The molecule has 2 aromatic heterocycles. The number of hydrogen-bond donors (Lipinski definition) is 1. The number of nitrogens with zero attached hydrogens (tertiary/aromatic N) is 1. The van der Waals surface area contributed by atoms with Gasteiger partial charge < -0.3 is 19.0 Å². The molecule has 0 aliphatic heterocycles. The number of carbonyl (C=O) groups is 3. The van der Waals surface area contributed by atoms with E-state index in [2.05, 4.69) is 10.1 Å². The summed E-state index contributed by atoms with van der Waals surface area (Å²) in [7, 11) is 0. The van der Waals surface area contributed by atoms with Crippen molar-refractivity contribution in [2.24, 2.45) is 0 Å². The number of rotatable bonds is 9. The molecule has 0 saturated heterocycles. The molecular formula is C20H26N2O6S. The lowest BCUT2D eigenvalue weighted by atomic mass is 10.1. The SMILES string of the molecule is CCOC(=O)c1c(C)[nH]c(C(=O)C(C)OC(=O)CSCc2c(C)noc2C)c1C. The van der Waals surface area contributed by atoms with Gasteiger partial charge in [0.15, 0.2) is 6.10 Å². The second-order valence-corrected chi connectivity index (χ2v) is 7.62. The second kappa shape index (κ2) is 9.78. The van der Waals surface area contributed by atoms with Crippen molar-refractivity contribution in [3.8, 4) is 0 Å². The van der Waals surface area contributed by atoms with Crippen molar-refractivity contribution in [2.45, 2.75) is 53.4 Å². The normalized spacial score (nSPS) is 11.9. The standard InChI is InChI=1S/C20H26N2O6S/c1-7-26-20(25)17-10(2)18(21-12(17)4)19(24)14(6)27-16(23)9-29-8-15-11(3)22-28-13(15)5/h14,21H,7-9H2,1-6H3. The first-order chi connectivity index (χ1) is 13.7. The van der Waals surface area contributed by atoms with Crippen molar-refractivity contribution in [1.29, 1.82) is 0 Å². The van der Waals surface area contributed by atoms with Crippen LogP contribution in [0.1, 0.15) is 63.0 Å². The number of ketones is 1. The molecule has 0 aromatic carbocycles. The summed E-state index contributed by atoms with van der Waals surface area (Å²) in [6, 6.07) is 0. The predicted octanol–water partition coefficient (Wildman–Crippen LogP) is 3.46. The van der Waals surface area contributed by atoms with E-state index >= 15 is 0 Å². The molecule has 1 unspecified atom stereocenters.